The summed E-state index contributed by atoms with van der Waals surface area (Å²) in [6.07, 6.45) is 5.15. The summed E-state index contributed by atoms with van der Waals surface area (Å²) in [5, 5.41) is 32.1. The number of hydrogen-bond donors (Lipinski definition) is 3. The molecule has 0 bridgehead atoms. The van der Waals surface area contributed by atoms with Gasteiger partial charge in [-0.1, -0.05) is 19.4 Å². The van der Waals surface area contributed by atoms with Crippen LogP contribution in [-0.2, 0) is 19.1 Å². The molecule has 0 unspecified atom stereocenters. The van der Waals surface area contributed by atoms with Crippen LogP contribution in [0.2, 0.25) is 0 Å². The molecule has 35 heavy (non-hydrogen) atoms. The molecule has 1 saturated heterocycles. The lowest BCUT2D eigenvalue weighted by Crippen LogP contribution is -2.65. The van der Waals surface area contributed by atoms with Crippen molar-refractivity contribution in [1.29, 1.82) is 0 Å². The number of fused-ring (bicyclic) bond motifs is 4. The van der Waals surface area contributed by atoms with E-state index < -0.39 is 29.2 Å². The zero-order valence-electron chi connectivity index (χ0n) is 21.1. The number of hydrogen-bond acceptors (Lipinski definition) is 7. The van der Waals surface area contributed by atoms with E-state index in [0.717, 1.165) is 24.8 Å². The van der Waals surface area contributed by atoms with Crippen molar-refractivity contribution in [2.24, 2.45) is 40.4 Å². The number of ether oxygens (including phenoxy) is 2. The fourth-order valence-corrected chi connectivity index (χ4v) is 9.65. The quantitative estimate of drug-likeness (QED) is 0.414. The average Bonchev–Trinajstić information content (AvgIpc) is 3.44. The van der Waals surface area contributed by atoms with Crippen molar-refractivity contribution in [2.45, 2.75) is 89.8 Å². The van der Waals surface area contributed by atoms with Crippen LogP contribution in [0.1, 0.15) is 59.8 Å². The molecule has 3 saturated carbocycles. The number of aliphatic hydroxyl groups is 3. The highest BCUT2D eigenvalue weighted by molar-refractivity contribution is 5.98. The Bertz CT molecular complexity index is 1030. The number of esters is 1. The molecule has 0 aromatic rings. The molecular weight excluding hydrogens is 448 g/mol. The second kappa shape index (κ2) is 7.50. The van der Waals surface area contributed by atoms with Gasteiger partial charge in [0.1, 0.15) is 17.8 Å². The first kappa shape index (κ1) is 23.8. The van der Waals surface area contributed by atoms with Crippen molar-refractivity contribution in [3.63, 3.8) is 0 Å². The SMILES string of the molecule is CC1=C(CO)C(=O)O[C@H]([C@@H](C)[C@H]2CC[C@H]3[C@@H]4C[C@H]5O[C@]56[C@@H](O)C=CC(=O)[C@]6(C)[C@@H]4C[C@@H](O)[C@]23C)C1. The van der Waals surface area contributed by atoms with Gasteiger partial charge in [0.25, 0.3) is 0 Å². The van der Waals surface area contributed by atoms with Crippen LogP contribution in [0.4, 0.5) is 0 Å². The van der Waals surface area contributed by atoms with Gasteiger partial charge in [-0.05, 0) is 86.7 Å². The molecule has 2 aliphatic heterocycles. The molecular formula is C28H38O7. The maximum atomic E-state index is 13.3. The van der Waals surface area contributed by atoms with Gasteiger partial charge < -0.3 is 24.8 Å². The Balaban J connectivity index is 1.31. The minimum absolute atomic E-state index is 0.00906. The summed E-state index contributed by atoms with van der Waals surface area (Å²) in [5.74, 6) is 0.258. The summed E-state index contributed by atoms with van der Waals surface area (Å²) in [6.45, 7) is 7.88. The third-order valence-corrected chi connectivity index (χ3v) is 11.7. The van der Waals surface area contributed by atoms with Crippen LogP contribution in [0.25, 0.3) is 0 Å². The molecule has 4 fully saturated rings. The molecule has 0 amide bonds. The van der Waals surface area contributed by atoms with Gasteiger partial charge >= 0.3 is 5.97 Å². The molecule has 7 nitrogen and oxygen atoms in total. The fraction of sp³-hybridized carbons (Fsp3) is 0.786. The number of aliphatic hydroxyl groups excluding tert-OH is 3. The number of cyclic esters (lactones) is 1. The van der Waals surface area contributed by atoms with Crippen molar-refractivity contribution in [3.05, 3.63) is 23.3 Å². The fourth-order valence-electron chi connectivity index (χ4n) is 9.65. The lowest BCUT2D eigenvalue weighted by atomic mass is 9.43. The van der Waals surface area contributed by atoms with Crippen LogP contribution in [0.15, 0.2) is 23.3 Å². The van der Waals surface area contributed by atoms with E-state index in [0.29, 0.717) is 18.4 Å². The van der Waals surface area contributed by atoms with Crippen molar-refractivity contribution < 1.29 is 34.4 Å². The van der Waals surface area contributed by atoms with Crippen LogP contribution >= 0.6 is 0 Å². The third-order valence-electron chi connectivity index (χ3n) is 11.7. The Morgan fingerprint density at radius 3 is 2.57 bits per heavy atom. The standard InChI is InChI=1S/C28H38O7/c1-13-9-20(34-25(33)16(13)12-29)14(2)17-5-6-18-15-10-24-28(35-24)22(31)8-7-21(30)27(28,4)19(15)11-23(32)26(17,18)3/h7-8,14-15,17-20,22-24,29,31-32H,5-6,9-12H2,1-4H3/t14-,15-,17+,18-,19+,20-,22-,23+,24+,26+,27-,28+/m0/s1. The summed E-state index contributed by atoms with van der Waals surface area (Å²) >= 11 is 0. The molecule has 0 aromatic carbocycles. The molecule has 0 aromatic heterocycles. The third kappa shape index (κ3) is 2.76. The first-order chi connectivity index (χ1) is 16.5. The predicted octanol–water partition coefficient (Wildman–Crippen LogP) is 2.32. The lowest BCUT2D eigenvalue weighted by molar-refractivity contribution is -0.175. The van der Waals surface area contributed by atoms with E-state index in [-0.39, 0.29) is 59.6 Å². The van der Waals surface area contributed by atoms with E-state index in [1.807, 2.05) is 13.8 Å². The zero-order chi connectivity index (χ0) is 25.1. The second-order valence-electron chi connectivity index (χ2n) is 12.6. The molecule has 1 spiro atoms. The smallest absolute Gasteiger partial charge is 0.336 e. The van der Waals surface area contributed by atoms with Crippen LogP contribution in [0, 0.1) is 40.4 Å². The van der Waals surface area contributed by atoms with Gasteiger partial charge in [-0.3, -0.25) is 4.79 Å². The topological polar surface area (TPSA) is 117 Å². The summed E-state index contributed by atoms with van der Waals surface area (Å²) in [6, 6.07) is 0. The second-order valence-corrected chi connectivity index (χ2v) is 12.6. The van der Waals surface area contributed by atoms with Crippen LogP contribution in [0.3, 0.4) is 0 Å². The van der Waals surface area contributed by atoms with Crippen LogP contribution in [0.5, 0.6) is 0 Å². The Morgan fingerprint density at radius 1 is 1.14 bits per heavy atom. The summed E-state index contributed by atoms with van der Waals surface area (Å²) in [4.78, 5) is 25.8. The molecule has 3 N–H and O–H groups in total. The molecule has 4 aliphatic carbocycles. The van der Waals surface area contributed by atoms with Crippen molar-refractivity contribution in [1.82, 2.24) is 0 Å². The van der Waals surface area contributed by atoms with Gasteiger partial charge in [0.15, 0.2) is 5.78 Å². The van der Waals surface area contributed by atoms with Crippen LogP contribution < -0.4 is 0 Å². The number of allylic oxidation sites excluding steroid dienone is 1. The van der Waals surface area contributed by atoms with Crippen molar-refractivity contribution >= 4 is 11.8 Å². The number of rotatable bonds is 3. The van der Waals surface area contributed by atoms with Gasteiger partial charge in [0.2, 0.25) is 0 Å². The van der Waals surface area contributed by atoms with Crippen LogP contribution in [-0.4, -0.2) is 63.7 Å². The first-order valence-electron chi connectivity index (χ1n) is 13.3. The highest BCUT2D eigenvalue weighted by Crippen LogP contribution is 2.73. The van der Waals surface area contributed by atoms with E-state index in [2.05, 4.69) is 13.8 Å². The van der Waals surface area contributed by atoms with Gasteiger partial charge in [0.05, 0.1) is 29.8 Å². The highest BCUT2D eigenvalue weighted by atomic mass is 16.6. The summed E-state index contributed by atoms with van der Waals surface area (Å²) in [5.41, 5.74) is -0.777. The summed E-state index contributed by atoms with van der Waals surface area (Å²) in [7, 11) is 0. The number of epoxide rings is 1. The number of ketones is 1. The minimum Gasteiger partial charge on any atom is -0.458 e. The average molecular weight is 487 g/mol. The molecule has 2 heterocycles. The van der Waals surface area contributed by atoms with Crippen molar-refractivity contribution in [2.75, 3.05) is 6.61 Å². The van der Waals surface area contributed by atoms with Gasteiger partial charge in [-0.2, -0.15) is 0 Å². The Morgan fingerprint density at radius 2 is 1.89 bits per heavy atom. The molecule has 0 radical (unpaired) electrons. The maximum Gasteiger partial charge on any atom is 0.336 e. The van der Waals surface area contributed by atoms with Gasteiger partial charge in [-0.15, -0.1) is 0 Å². The summed E-state index contributed by atoms with van der Waals surface area (Å²) < 4.78 is 12.0. The number of carbonyl (C=O) groups excluding carboxylic acids is 2. The van der Waals surface area contributed by atoms with E-state index >= 15 is 0 Å². The van der Waals surface area contributed by atoms with E-state index in [1.165, 1.54) is 6.08 Å². The Labute approximate surface area is 206 Å². The maximum absolute atomic E-state index is 13.3. The van der Waals surface area contributed by atoms with E-state index in [1.54, 1.807) is 6.08 Å². The van der Waals surface area contributed by atoms with Gasteiger partial charge in [-0.25, -0.2) is 4.79 Å². The molecule has 192 valence electrons. The Hall–Kier alpha value is -1.54. The largest absolute Gasteiger partial charge is 0.458 e. The lowest BCUT2D eigenvalue weighted by Gasteiger charge is -2.59. The van der Waals surface area contributed by atoms with Crippen molar-refractivity contribution in [3.8, 4) is 0 Å². The van der Waals surface area contributed by atoms with E-state index in [4.69, 9.17) is 9.47 Å². The monoisotopic (exact) mass is 486 g/mol. The Kier molecular flexibility index (Phi) is 5.11. The number of carbonyl (C=O) groups is 2. The molecule has 6 aliphatic rings. The molecule has 12 atom stereocenters. The minimum atomic E-state index is -0.844. The first-order valence-corrected chi connectivity index (χ1v) is 13.3. The predicted molar refractivity (Wildman–Crippen MR) is 126 cm³/mol. The molecule has 7 heteroatoms. The van der Waals surface area contributed by atoms with E-state index in [9.17, 15) is 24.9 Å². The highest BCUT2D eigenvalue weighted by Gasteiger charge is 2.80. The normalized spacial score (nSPS) is 53.3. The molecule has 6 rings (SSSR count). The van der Waals surface area contributed by atoms with Gasteiger partial charge in [0, 0.05) is 6.42 Å². The zero-order valence-corrected chi connectivity index (χ0v) is 21.1.